The van der Waals surface area contributed by atoms with Crippen molar-refractivity contribution in [1.82, 2.24) is 5.32 Å². The van der Waals surface area contributed by atoms with E-state index in [1.54, 1.807) is 0 Å². The second-order valence-corrected chi connectivity index (χ2v) is 6.46. The first-order valence-electron chi connectivity index (χ1n) is 7.87. The van der Waals surface area contributed by atoms with E-state index in [2.05, 4.69) is 26.1 Å². The van der Waals surface area contributed by atoms with Crippen LogP contribution in [0.25, 0.3) is 0 Å². The molecule has 0 bridgehead atoms. The van der Waals surface area contributed by atoms with Crippen LogP contribution in [0.1, 0.15) is 72.1 Å². The van der Waals surface area contributed by atoms with Gasteiger partial charge in [-0.15, -0.1) is 0 Å². The fourth-order valence-corrected chi connectivity index (χ4v) is 3.04. The molecule has 0 heterocycles. The van der Waals surface area contributed by atoms with Crippen molar-refractivity contribution < 1.29 is 4.74 Å². The maximum Gasteiger partial charge on any atom is 0.0622 e. The molecular weight excluding hydrogens is 222 g/mol. The van der Waals surface area contributed by atoms with Gasteiger partial charge in [0.15, 0.2) is 0 Å². The van der Waals surface area contributed by atoms with E-state index in [-0.39, 0.29) is 5.60 Å². The molecule has 0 amide bonds. The minimum Gasteiger partial charge on any atom is -0.379 e. The zero-order chi connectivity index (χ0) is 13.4. The lowest BCUT2D eigenvalue weighted by Crippen LogP contribution is -2.36. The van der Waals surface area contributed by atoms with Gasteiger partial charge >= 0.3 is 0 Å². The van der Waals surface area contributed by atoms with Crippen LogP contribution in [0.2, 0.25) is 0 Å². The van der Waals surface area contributed by atoms with Crippen molar-refractivity contribution in [2.24, 2.45) is 5.92 Å². The maximum atomic E-state index is 5.51. The zero-order valence-corrected chi connectivity index (χ0v) is 12.9. The Balaban J connectivity index is 2.31. The van der Waals surface area contributed by atoms with Crippen LogP contribution in [-0.4, -0.2) is 25.3 Å². The van der Waals surface area contributed by atoms with Gasteiger partial charge in [0, 0.05) is 13.2 Å². The number of ether oxygens (including phenoxy) is 1. The smallest absolute Gasteiger partial charge is 0.0622 e. The molecule has 0 aromatic heterocycles. The molecule has 1 N–H and O–H groups in total. The fraction of sp³-hybridized carbons (Fsp3) is 1.00. The summed E-state index contributed by atoms with van der Waals surface area (Å²) in [6.07, 6.45) is 10.8. The number of methoxy groups -OCH3 is 1. The molecule has 2 nitrogen and oxygen atoms in total. The first-order valence-corrected chi connectivity index (χ1v) is 7.87. The molecule has 1 unspecified atom stereocenters. The Morgan fingerprint density at radius 2 is 1.94 bits per heavy atom. The van der Waals surface area contributed by atoms with E-state index in [9.17, 15) is 0 Å². The Kier molecular flexibility index (Phi) is 7.25. The highest BCUT2D eigenvalue weighted by Gasteiger charge is 2.25. The van der Waals surface area contributed by atoms with Gasteiger partial charge in [0.2, 0.25) is 0 Å². The number of hydrogen-bond acceptors (Lipinski definition) is 2. The van der Waals surface area contributed by atoms with Gasteiger partial charge in [-0.2, -0.15) is 0 Å². The minimum absolute atomic E-state index is 0.0466. The molecule has 0 aliphatic heterocycles. The predicted molar refractivity (Wildman–Crippen MR) is 79.0 cm³/mol. The van der Waals surface area contributed by atoms with E-state index in [1.807, 2.05) is 7.11 Å². The second kappa shape index (κ2) is 8.16. The molecule has 0 aromatic rings. The van der Waals surface area contributed by atoms with Crippen molar-refractivity contribution in [3.05, 3.63) is 0 Å². The van der Waals surface area contributed by atoms with Crippen LogP contribution in [0.4, 0.5) is 0 Å². The monoisotopic (exact) mass is 255 g/mol. The van der Waals surface area contributed by atoms with Gasteiger partial charge in [0.1, 0.15) is 0 Å². The molecule has 0 aromatic carbocycles. The lowest BCUT2D eigenvalue weighted by molar-refractivity contribution is 0.0126. The van der Waals surface area contributed by atoms with Crippen LogP contribution in [0, 0.1) is 5.92 Å². The highest BCUT2D eigenvalue weighted by molar-refractivity contribution is 4.81. The largest absolute Gasteiger partial charge is 0.379 e. The van der Waals surface area contributed by atoms with E-state index in [0.717, 1.165) is 12.0 Å². The van der Waals surface area contributed by atoms with Crippen molar-refractivity contribution in [3.63, 3.8) is 0 Å². The lowest BCUT2D eigenvalue weighted by atomic mass is 9.91. The zero-order valence-electron chi connectivity index (χ0n) is 12.9. The summed E-state index contributed by atoms with van der Waals surface area (Å²) in [6.45, 7) is 7.82. The summed E-state index contributed by atoms with van der Waals surface area (Å²) < 4.78 is 5.51. The van der Waals surface area contributed by atoms with Crippen LogP contribution >= 0.6 is 0 Å². The van der Waals surface area contributed by atoms with E-state index in [4.69, 9.17) is 4.74 Å². The average Bonchev–Trinajstić information content (AvgIpc) is 2.87. The van der Waals surface area contributed by atoms with E-state index in [1.165, 1.54) is 57.9 Å². The highest BCUT2D eigenvalue weighted by atomic mass is 16.5. The van der Waals surface area contributed by atoms with Gasteiger partial charge in [0.05, 0.1) is 5.60 Å². The Labute approximate surface area is 114 Å². The van der Waals surface area contributed by atoms with Crippen LogP contribution in [0.15, 0.2) is 0 Å². The summed E-state index contributed by atoms with van der Waals surface area (Å²) in [6, 6.07) is 0.750. The molecular formula is C16H33NO. The second-order valence-electron chi connectivity index (χ2n) is 6.46. The summed E-state index contributed by atoms with van der Waals surface area (Å²) in [5.41, 5.74) is 0.0466. The van der Waals surface area contributed by atoms with Crippen LogP contribution in [-0.2, 0) is 4.74 Å². The van der Waals surface area contributed by atoms with Crippen LogP contribution in [0.3, 0.4) is 0 Å². The number of nitrogens with one attached hydrogen (secondary N) is 1. The van der Waals surface area contributed by atoms with Gasteiger partial charge in [-0.05, 0) is 64.8 Å². The summed E-state index contributed by atoms with van der Waals surface area (Å²) in [4.78, 5) is 0. The predicted octanol–water partition coefficient (Wildman–Crippen LogP) is 4.14. The standard InChI is InChI=1S/C16H33NO/c1-5-13-17-15(14-9-6-7-10-14)11-8-12-16(2,3)18-4/h14-15,17H,5-13H2,1-4H3. The molecule has 1 fully saturated rings. The molecule has 1 atom stereocenters. The van der Waals surface area contributed by atoms with Gasteiger partial charge in [0.25, 0.3) is 0 Å². The quantitative estimate of drug-likeness (QED) is 0.668. The minimum atomic E-state index is 0.0466. The molecule has 1 aliphatic carbocycles. The van der Waals surface area contributed by atoms with Crippen molar-refractivity contribution in [3.8, 4) is 0 Å². The van der Waals surface area contributed by atoms with Crippen molar-refractivity contribution in [2.75, 3.05) is 13.7 Å². The van der Waals surface area contributed by atoms with Crippen molar-refractivity contribution in [1.29, 1.82) is 0 Å². The van der Waals surface area contributed by atoms with Crippen molar-refractivity contribution in [2.45, 2.75) is 83.8 Å². The first kappa shape index (κ1) is 16.0. The average molecular weight is 255 g/mol. The lowest BCUT2D eigenvalue weighted by Gasteiger charge is -2.27. The Hall–Kier alpha value is -0.0800. The van der Waals surface area contributed by atoms with Crippen LogP contribution in [0.5, 0.6) is 0 Å². The SMILES string of the molecule is CCCNC(CCCC(C)(C)OC)C1CCCC1. The fourth-order valence-electron chi connectivity index (χ4n) is 3.04. The summed E-state index contributed by atoms with van der Waals surface area (Å²) >= 11 is 0. The molecule has 0 saturated heterocycles. The van der Waals surface area contributed by atoms with Gasteiger partial charge in [-0.3, -0.25) is 0 Å². The van der Waals surface area contributed by atoms with E-state index >= 15 is 0 Å². The molecule has 1 aliphatic rings. The molecule has 0 radical (unpaired) electrons. The topological polar surface area (TPSA) is 21.3 Å². The van der Waals surface area contributed by atoms with Gasteiger partial charge in [-0.25, -0.2) is 0 Å². The van der Waals surface area contributed by atoms with Gasteiger partial charge in [-0.1, -0.05) is 19.8 Å². The third kappa shape index (κ3) is 5.71. The van der Waals surface area contributed by atoms with E-state index in [0.29, 0.717) is 0 Å². The van der Waals surface area contributed by atoms with Crippen molar-refractivity contribution >= 4 is 0 Å². The van der Waals surface area contributed by atoms with E-state index < -0.39 is 0 Å². The van der Waals surface area contributed by atoms with Crippen LogP contribution < -0.4 is 5.32 Å². The molecule has 1 rings (SSSR count). The molecule has 108 valence electrons. The Morgan fingerprint density at radius 3 is 2.50 bits per heavy atom. The molecule has 18 heavy (non-hydrogen) atoms. The third-order valence-electron chi connectivity index (χ3n) is 4.47. The normalized spacial score (nSPS) is 19.3. The molecule has 1 saturated carbocycles. The summed E-state index contributed by atoms with van der Waals surface area (Å²) in [5, 5.41) is 3.77. The Morgan fingerprint density at radius 1 is 1.28 bits per heavy atom. The molecule has 0 spiro atoms. The summed E-state index contributed by atoms with van der Waals surface area (Å²) in [5.74, 6) is 0.933. The third-order valence-corrected chi connectivity index (χ3v) is 4.47. The Bertz CT molecular complexity index is 209. The summed E-state index contributed by atoms with van der Waals surface area (Å²) in [7, 11) is 1.82. The highest BCUT2D eigenvalue weighted by Crippen LogP contribution is 2.30. The first-order chi connectivity index (χ1) is 8.59. The number of rotatable bonds is 9. The number of hydrogen-bond donors (Lipinski definition) is 1. The van der Waals surface area contributed by atoms with Gasteiger partial charge < -0.3 is 10.1 Å². The maximum absolute atomic E-state index is 5.51. The molecule has 2 heteroatoms.